The van der Waals surface area contributed by atoms with Crippen LogP contribution in [-0.2, 0) is 9.53 Å². The van der Waals surface area contributed by atoms with E-state index in [4.69, 9.17) is 4.74 Å². The molecule has 1 aromatic rings. The Hall–Kier alpha value is -2.11. The van der Waals surface area contributed by atoms with Crippen LogP contribution in [0.25, 0.3) is 0 Å². The van der Waals surface area contributed by atoms with Crippen molar-refractivity contribution in [2.24, 2.45) is 0 Å². The Morgan fingerprint density at radius 3 is 2.50 bits per heavy atom. The third-order valence-corrected chi connectivity index (χ3v) is 3.28. The van der Waals surface area contributed by atoms with Gasteiger partial charge in [0.15, 0.2) is 0 Å². The van der Waals surface area contributed by atoms with Crippen LogP contribution in [0.5, 0.6) is 0 Å². The lowest BCUT2D eigenvalue weighted by atomic mass is 9.92. The fourth-order valence-electron chi connectivity index (χ4n) is 1.89. The van der Waals surface area contributed by atoms with Gasteiger partial charge in [-0.25, -0.2) is 14.6 Å². The maximum Gasteiger partial charge on any atom is 0.341 e. The monoisotopic (exact) mass is 280 g/mol. The van der Waals surface area contributed by atoms with Gasteiger partial charge >= 0.3 is 11.9 Å². The Bertz CT molecular complexity index is 484. The summed E-state index contributed by atoms with van der Waals surface area (Å²) in [5.41, 5.74) is -0.905. The quantitative estimate of drug-likeness (QED) is 0.745. The van der Waals surface area contributed by atoms with Crippen molar-refractivity contribution in [2.45, 2.75) is 39.2 Å². The molecule has 0 spiro atoms. The fourth-order valence-corrected chi connectivity index (χ4v) is 1.89. The predicted octanol–water partition coefficient (Wildman–Crippen LogP) is 2.31. The van der Waals surface area contributed by atoms with E-state index in [0.717, 1.165) is 0 Å². The summed E-state index contributed by atoms with van der Waals surface area (Å²) in [4.78, 5) is 27.4. The second-order valence-electron chi connectivity index (χ2n) is 4.34. The number of carbonyl (C=O) groups is 2. The number of carboxylic acids is 1. The number of hydrogen-bond donors (Lipinski definition) is 2. The third kappa shape index (κ3) is 3.26. The second kappa shape index (κ2) is 6.88. The Labute approximate surface area is 118 Å². The van der Waals surface area contributed by atoms with Gasteiger partial charge in [0.1, 0.15) is 16.9 Å². The number of nitrogens with zero attached hydrogens (tertiary/aromatic N) is 1. The van der Waals surface area contributed by atoms with Crippen LogP contribution in [0.2, 0.25) is 0 Å². The molecule has 0 amide bonds. The molecule has 0 fully saturated rings. The molecule has 110 valence electrons. The van der Waals surface area contributed by atoms with Gasteiger partial charge in [-0.05, 0) is 31.9 Å². The van der Waals surface area contributed by atoms with Crippen LogP contribution in [-0.4, -0.2) is 34.2 Å². The summed E-state index contributed by atoms with van der Waals surface area (Å²) in [5.74, 6) is -1.25. The molecule has 0 aliphatic rings. The van der Waals surface area contributed by atoms with E-state index in [-0.39, 0.29) is 18.0 Å². The zero-order valence-electron chi connectivity index (χ0n) is 12.0. The molecule has 0 atom stereocenters. The standard InChI is InChI=1S/C14H20N2O4/c1-4-14(5-2,13(18)19)16-11-10(8-7-9-15-11)12(17)20-6-3/h7-9H,4-6H2,1-3H3,(H,15,16)(H,18,19). The van der Waals surface area contributed by atoms with Crippen LogP contribution in [0.15, 0.2) is 18.3 Å². The first-order valence-corrected chi connectivity index (χ1v) is 6.64. The molecule has 6 heteroatoms. The predicted molar refractivity (Wildman–Crippen MR) is 74.8 cm³/mol. The van der Waals surface area contributed by atoms with Crippen LogP contribution >= 0.6 is 0 Å². The minimum atomic E-state index is -1.14. The number of carbonyl (C=O) groups excluding carboxylic acids is 1. The highest BCUT2D eigenvalue weighted by molar-refractivity contribution is 5.95. The first-order valence-electron chi connectivity index (χ1n) is 6.64. The van der Waals surface area contributed by atoms with Crippen LogP contribution in [0.3, 0.4) is 0 Å². The lowest BCUT2D eigenvalue weighted by Gasteiger charge is -2.29. The third-order valence-electron chi connectivity index (χ3n) is 3.28. The average Bonchev–Trinajstić information content (AvgIpc) is 2.45. The van der Waals surface area contributed by atoms with Crippen molar-refractivity contribution in [1.29, 1.82) is 0 Å². The highest BCUT2D eigenvalue weighted by Gasteiger charge is 2.36. The van der Waals surface area contributed by atoms with E-state index in [1.165, 1.54) is 6.20 Å². The molecular formula is C14H20N2O4. The molecule has 0 aromatic carbocycles. The summed E-state index contributed by atoms with van der Waals surface area (Å²) in [6.45, 7) is 5.51. The molecule has 1 aromatic heterocycles. The van der Waals surface area contributed by atoms with Gasteiger partial charge in [-0.1, -0.05) is 13.8 Å². The molecule has 1 heterocycles. The molecule has 0 aliphatic carbocycles. The molecule has 0 saturated heterocycles. The second-order valence-corrected chi connectivity index (χ2v) is 4.34. The van der Waals surface area contributed by atoms with Gasteiger partial charge in [0.2, 0.25) is 0 Å². The molecule has 0 bridgehead atoms. The van der Waals surface area contributed by atoms with Crippen molar-refractivity contribution in [2.75, 3.05) is 11.9 Å². The molecule has 1 rings (SSSR count). The summed E-state index contributed by atoms with van der Waals surface area (Å²) in [6, 6.07) is 3.17. The molecule has 0 saturated carbocycles. The van der Waals surface area contributed by atoms with Crippen LogP contribution < -0.4 is 5.32 Å². The molecule has 6 nitrogen and oxygen atoms in total. The Morgan fingerprint density at radius 2 is 2.00 bits per heavy atom. The van der Waals surface area contributed by atoms with E-state index in [0.29, 0.717) is 12.8 Å². The van der Waals surface area contributed by atoms with Crippen molar-refractivity contribution in [3.63, 3.8) is 0 Å². The van der Waals surface area contributed by atoms with Crippen molar-refractivity contribution in [3.05, 3.63) is 23.9 Å². The number of ether oxygens (including phenoxy) is 1. The van der Waals surface area contributed by atoms with Gasteiger partial charge in [0, 0.05) is 6.20 Å². The number of aliphatic carboxylic acids is 1. The van der Waals surface area contributed by atoms with E-state index in [9.17, 15) is 14.7 Å². The number of pyridine rings is 1. The number of anilines is 1. The first kappa shape index (κ1) is 15.9. The normalized spacial score (nSPS) is 10.9. The van der Waals surface area contributed by atoms with Gasteiger partial charge in [-0.2, -0.15) is 0 Å². The molecular weight excluding hydrogens is 260 g/mol. The number of nitrogens with one attached hydrogen (secondary N) is 1. The van der Waals surface area contributed by atoms with Crippen LogP contribution in [0, 0.1) is 0 Å². The Balaban J connectivity index is 3.14. The smallest absolute Gasteiger partial charge is 0.341 e. The van der Waals surface area contributed by atoms with Gasteiger partial charge < -0.3 is 15.2 Å². The van der Waals surface area contributed by atoms with E-state index >= 15 is 0 Å². The lowest BCUT2D eigenvalue weighted by molar-refractivity contribution is -0.142. The van der Waals surface area contributed by atoms with Crippen LogP contribution in [0.1, 0.15) is 44.0 Å². The minimum Gasteiger partial charge on any atom is -0.480 e. The zero-order chi connectivity index (χ0) is 15.2. The molecule has 2 N–H and O–H groups in total. The molecule has 0 radical (unpaired) electrons. The van der Waals surface area contributed by atoms with Gasteiger partial charge in [0.25, 0.3) is 0 Å². The number of hydrogen-bond acceptors (Lipinski definition) is 5. The van der Waals surface area contributed by atoms with Gasteiger partial charge in [0.05, 0.1) is 6.61 Å². The largest absolute Gasteiger partial charge is 0.480 e. The summed E-state index contributed by atoms with van der Waals surface area (Å²) in [5, 5.41) is 12.3. The summed E-state index contributed by atoms with van der Waals surface area (Å²) in [7, 11) is 0. The molecule has 20 heavy (non-hydrogen) atoms. The van der Waals surface area contributed by atoms with Crippen molar-refractivity contribution in [1.82, 2.24) is 4.98 Å². The van der Waals surface area contributed by atoms with E-state index in [2.05, 4.69) is 10.3 Å². The lowest BCUT2D eigenvalue weighted by Crippen LogP contribution is -2.45. The van der Waals surface area contributed by atoms with E-state index in [1.54, 1.807) is 32.9 Å². The molecule has 0 aliphatic heterocycles. The van der Waals surface area contributed by atoms with Gasteiger partial charge in [-0.15, -0.1) is 0 Å². The zero-order valence-corrected chi connectivity index (χ0v) is 12.0. The number of rotatable bonds is 7. The number of esters is 1. The average molecular weight is 280 g/mol. The topological polar surface area (TPSA) is 88.5 Å². The minimum absolute atomic E-state index is 0.233. The first-order chi connectivity index (χ1) is 9.50. The maximum atomic E-state index is 11.8. The number of aromatic nitrogens is 1. The van der Waals surface area contributed by atoms with E-state index < -0.39 is 17.5 Å². The summed E-state index contributed by atoms with van der Waals surface area (Å²) < 4.78 is 4.94. The SMILES string of the molecule is CCOC(=O)c1cccnc1NC(CC)(CC)C(=O)O. The number of carboxylic acid groups (broad SMARTS) is 1. The van der Waals surface area contributed by atoms with Crippen molar-refractivity contribution >= 4 is 17.8 Å². The van der Waals surface area contributed by atoms with Gasteiger partial charge in [-0.3, -0.25) is 0 Å². The van der Waals surface area contributed by atoms with Crippen molar-refractivity contribution in [3.8, 4) is 0 Å². The maximum absolute atomic E-state index is 11.8. The highest BCUT2D eigenvalue weighted by Crippen LogP contribution is 2.24. The van der Waals surface area contributed by atoms with Crippen LogP contribution in [0.4, 0.5) is 5.82 Å². The van der Waals surface area contributed by atoms with Crippen molar-refractivity contribution < 1.29 is 19.4 Å². The summed E-state index contributed by atoms with van der Waals surface area (Å²) in [6.07, 6.45) is 2.25. The van der Waals surface area contributed by atoms with E-state index in [1.807, 2.05) is 0 Å². The fraction of sp³-hybridized carbons (Fsp3) is 0.500. The molecule has 0 unspecified atom stereocenters. The highest BCUT2D eigenvalue weighted by atomic mass is 16.5. The Kier molecular flexibility index (Phi) is 5.49. The Morgan fingerprint density at radius 1 is 1.35 bits per heavy atom. The summed E-state index contributed by atoms with van der Waals surface area (Å²) >= 11 is 0.